The summed E-state index contributed by atoms with van der Waals surface area (Å²) in [7, 11) is 0. The van der Waals surface area contributed by atoms with Crippen molar-refractivity contribution in [2.24, 2.45) is 0 Å². The second-order valence-corrected chi connectivity index (χ2v) is 5.93. The van der Waals surface area contributed by atoms with Crippen molar-refractivity contribution in [1.82, 2.24) is 14.9 Å². The van der Waals surface area contributed by atoms with Crippen LogP contribution in [0.2, 0.25) is 0 Å². The average molecular weight is 319 g/mol. The summed E-state index contributed by atoms with van der Waals surface area (Å²) >= 11 is 0. The molecule has 0 unspecified atom stereocenters. The topological polar surface area (TPSA) is 46.9 Å². The molecule has 4 nitrogen and oxygen atoms in total. The molecular weight excluding hydrogens is 298 g/mol. The van der Waals surface area contributed by atoms with Crippen molar-refractivity contribution in [3.63, 3.8) is 0 Å². The van der Waals surface area contributed by atoms with Gasteiger partial charge in [0.25, 0.3) is 0 Å². The first-order valence-corrected chi connectivity index (χ1v) is 8.07. The van der Waals surface area contributed by atoms with Crippen LogP contribution in [0.25, 0.3) is 5.69 Å². The van der Waals surface area contributed by atoms with Gasteiger partial charge in [0.15, 0.2) is 0 Å². The molecule has 4 heteroatoms. The highest BCUT2D eigenvalue weighted by Crippen LogP contribution is 2.15. The zero-order valence-electron chi connectivity index (χ0n) is 13.9. The van der Waals surface area contributed by atoms with Crippen LogP contribution in [0.15, 0.2) is 67.0 Å². The highest BCUT2D eigenvalue weighted by Gasteiger charge is 2.13. The highest BCUT2D eigenvalue weighted by atomic mass is 16.1. The van der Waals surface area contributed by atoms with Crippen LogP contribution >= 0.6 is 0 Å². The van der Waals surface area contributed by atoms with Gasteiger partial charge >= 0.3 is 0 Å². The zero-order chi connectivity index (χ0) is 16.9. The Kier molecular flexibility index (Phi) is 4.75. The SMILES string of the molecule is Cc1ccc(-n2cccc2CC(=O)N[C@H](C)c2ccccn2)cc1. The van der Waals surface area contributed by atoms with Gasteiger partial charge in [0.1, 0.15) is 0 Å². The minimum Gasteiger partial charge on any atom is -0.348 e. The van der Waals surface area contributed by atoms with Crippen molar-refractivity contribution in [2.45, 2.75) is 26.3 Å². The van der Waals surface area contributed by atoms with Gasteiger partial charge in [-0.1, -0.05) is 23.8 Å². The summed E-state index contributed by atoms with van der Waals surface area (Å²) in [5.41, 5.74) is 4.10. The van der Waals surface area contributed by atoms with Crippen molar-refractivity contribution in [2.75, 3.05) is 0 Å². The summed E-state index contributed by atoms with van der Waals surface area (Å²) in [4.78, 5) is 16.7. The second kappa shape index (κ2) is 7.13. The molecule has 3 aromatic rings. The van der Waals surface area contributed by atoms with E-state index in [9.17, 15) is 4.79 Å². The number of benzene rings is 1. The number of aryl methyl sites for hydroxylation is 1. The van der Waals surface area contributed by atoms with Crippen LogP contribution in [0.5, 0.6) is 0 Å². The number of carbonyl (C=O) groups is 1. The number of aromatic nitrogens is 2. The van der Waals surface area contributed by atoms with Crippen LogP contribution in [0.4, 0.5) is 0 Å². The number of nitrogens with one attached hydrogen (secondary N) is 1. The van der Waals surface area contributed by atoms with Crippen molar-refractivity contribution in [3.05, 3.63) is 83.9 Å². The maximum absolute atomic E-state index is 12.4. The van der Waals surface area contributed by atoms with Crippen molar-refractivity contribution < 1.29 is 4.79 Å². The third-order valence-electron chi connectivity index (χ3n) is 4.00. The highest BCUT2D eigenvalue weighted by molar-refractivity contribution is 5.78. The minimum absolute atomic E-state index is 0.0137. The fourth-order valence-corrected chi connectivity index (χ4v) is 2.68. The van der Waals surface area contributed by atoms with E-state index in [1.54, 1.807) is 6.20 Å². The van der Waals surface area contributed by atoms with Gasteiger partial charge in [0.2, 0.25) is 5.91 Å². The Bertz CT molecular complexity index is 806. The predicted molar refractivity (Wildman–Crippen MR) is 95.0 cm³/mol. The summed E-state index contributed by atoms with van der Waals surface area (Å²) in [5, 5.41) is 3.01. The van der Waals surface area contributed by atoms with Gasteiger partial charge in [-0.3, -0.25) is 9.78 Å². The molecule has 0 fully saturated rings. The third-order valence-corrected chi connectivity index (χ3v) is 4.00. The molecule has 1 N–H and O–H groups in total. The predicted octanol–water partition coefficient (Wildman–Crippen LogP) is 3.60. The summed E-state index contributed by atoms with van der Waals surface area (Å²) in [6, 6.07) is 17.8. The number of hydrogen-bond donors (Lipinski definition) is 1. The molecule has 0 aliphatic heterocycles. The van der Waals surface area contributed by atoms with Crippen LogP contribution in [0.3, 0.4) is 0 Å². The Morgan fingerprint density at radius 3 is 2.62 bits per heavy atom. The minimum atomic E-state index is -0.110. The van der Waals surface area contributed by atoms with E-state index >= 15 is 0 Å². The summed E-state index contributed by atoms with van der Waals surface area (Å²) in [5.74, 6) is -0.0137. The lowest BCUT2D eigenvalue weighted by molar-refractivity contribution is -0.121. The van der Waals surface area contributed by atoms with Gasteiger partial charge < -0.3 is 9.88 Å². The Morgan fingerprint density at radius 1 is 1.12 bits per heavy atom. The largest absolute Gasteiger partial charge is 0.348 e. The Morgan fingerprint density at radius 2 is 1.92 bits per heavy atom. The average Bonchev–Trinajstić information content (AvgIpc) is 3.04. The summed E-state index contributed by atoms with van der Waals surface area (Å²) in [6.45, 7) is 4.01. The van der Waals surface area contributed by atoms with Crippen LogP contribution in [-0.4, -0.2) is 15.5 Å². The van der Waals surface area contributed by atoms with Crippen LogP contribution in [0.1, 0.15) is 29.9 Å². The maximum Gasteiger partial charge on any atom is 0.226 e. The normalized spacial score (nSPS) is 11.9. The van der Waals surface area contributed by atoms with Crippen molar-refractivity contribution in [1.29, 1.82) is 0 Å². The van der Waals surface area contributed by atoms with Crippen LogP contribution < -0.4 is 5.32 Å². The molecule has 0 aliphatic carbocycles. The molecule has 0 bridgehead atoms. The fourth-order valence-electron chi connectivity index (χ4n) is 2.68. The lowest BCUT2D eigenvalue weighted by Gasteiger charge is -2.14. The molecule has 1 atom stereocenters. The maximum atomic E-state index is 12.4. The molecule has 2 aromatic heterocycles. The van der Waals surface area contributed by atoms with Gasteiger partial charge in [0, 0.05) is 23.8 Å². The lowest BCUT2D eigenvalue weighted by atomic mass is 10.2. The van der Waals surface area contributed by atoms with E-state index < -0.39 is 0 Å². The third kappa shape index (κ3) is 3.71. The van der Waals surface area contributed by atoms with E-state index in [2.05, 4.69) is 41.5 Å². The van der Waals surface area contributed by atoms with E-state index in [4.69, 9.17) is 0 Å². The van der Waals surface area contributed by atoms with E-state index in [1.807, 2.05) is 48.0 Å². The summed E-state index contributed by atoms with van der Waals surface area (Å²) < 4.78 is 2.05. The lowest BCUT2D eigenvalue weighted by Crippen LogP contribution is -2.29. The summed E-state index contributed by atoms with van der Waals surface area (Å²) in [6.07, 6.45) is 4.05. The standard InChI is InChI=1S/C20H21N3O/c1-15-8-10-17(11-9-15)23-13-5-6-18(23)14-20(24)22-16(2)19-7-3-4-12-21-19/h3-13,16H,14H2,1-2H3,(H,22,24)/t16-/m1/s1. The molecule has 24 heavy (non-hydrogen) atoms. The van der Waals surface area contributed by atoms with E-state index in [-0.39, 0.29) is 11.9 Å². The fraction of sp³-hybridized carbons (Fsp3) is 0.200. The van der Waals surface area contributed by atoms with Gasteiger partial charge in [-0.05, 0) is 50.2 Å². The van der Waals surface area contributed by atoms with Gasteiger partial charge in [-0.25, -0.2) is 0 Å². The number of hydrogen-bond acceptors (Lipinski definition) is 2. The first kappa shape index (κ1) is 16.0. The van der Waals surface area contributed by atoms with E-state index in [1.165, 1.54) is 5.56 Å². The number of rotatable bonds is 5. The van der Waals surface area contributed by atoms with Crippen LogP contribution in [0, 0.1) is 6.92 Å². The molecule has 0 spiro atoms. The zero-order valence-corrected chi connectivity index (χ0v) is 13.9. The molecular formula is C20H21N3O. The molecule has 0 saturated heterocycles. The smallest absolute Gasteiger partial charge is 0.226 e. The molecule has 1 amide bonds. The molecule has 0 radical (unpaired) electrons. The number of pyridine rings is 1. The van der Waals surface area contributed by atoms with Crippen LogP contribution in [-0.2, 0) is 11.2 Å². The molecule has 3 rings (SSSR count). The van der Waals surface area contributed by atoms with E-state index in [0.717, 1.165) is 17.1 Å². The first-order chi connectivity index (χ1) is 11.6. The number of nitrogens with zero attached hydrogens (tertiary/aromatic N) is 2. The Labute approximate surface area is 142 Å². The van der Waals surface area contributed by atoms with Crippen molar-refractivity contribution >= 4 is 5.91 Å². The quantitative estimate of drug-likeness (QED) is 0.781. The molecule has 2 heterocycles. The van der Waals surface area contributed by atoms with Gasteiger partial charge in [-0.15, -0.1) is 0 Å². The molecule has 122 valence electrons. The van der Waals surface area contributed by atoms with Gasteiger partial charge in [-0.2, -0.15) is 0 Å². The Balaban J connectivity index is 1.69. The van der Waals surface area contributed by atoms with E-state index in [0.29, 0.717) is 6.42 Å². The first-order valence-electron chi connectivity index (χ1n) is 8.07. The van der Waals surface area contributed by atoms with Crippen molar-refractivity contribution in [3.8, 4) is 5.69 Å². The molecule has 0 aliphatic rings. The monoisotopic (exact) mass is 319 g/mol. The molecule has 0 saturated carbocycles. The number of amides is 1. The number of carbonyl (C=O) groups excluding carboxylic acids is 1. The Hall–Kier alpha value is -2.88. The second-order valence-electron chi connectivity index (χ2n) is 5.93. The van der Waals surface area contributed by atoms with Gasteiger partial charge in [0.05, 0.1) is 18.2 Å². The molecule has 1 aromatic carbocycles.